The molecule has 4 rings (SSSR count). The van der Waals surface area contributed by atoms with Gasteiger partial charge in [0.25, 0.3) is 0 Å². The third-order valence-electron chi connectivity index (χ3n) is 7.05. The molecule has 0 spiro atoms. The van der Waals surface area contributed by atoms with Gasteiger partial charge in [0, 0.05) is 16.7 Å². The highest BCUT2D eigenvalue weighted by Crippen LogP contribution is 2.57. The summed E-state index contributed by atoms with van der Waals surface area (Å²) in [5.41, 5.74) is -24.7. The molecular weight excluding hydrogens is 725 g/mol. The zero-order chi connectivity index (χ0) is 37.9. The first-order chi connectivity index (χ1) is 23.3. The first-order valence-corrected chi connectivity index (χ1v) is 12.5. The smallest absolute Gasteiger partial charge is 0.246 e. The molecule has 0 heterocycles. The Labute approximate surface area is 265 Å². The second-order valence-electron chi connectivity index (χ2n) is 9.58. The summed E-state index contributed by atoms with van der Waals surface area (Å²) in [6.45, 7) is -4.46. The number of allylic oxidation sites excluding steroid dienone is 6. The van der Waals surface area contributed by atoms with Gasteiger partial charge in [-0.05, 0) is 0 Å². The van der Waals surface area contributed by atoms with Crippen LogP contribution >= 0.6 is 0 Å². The molecule has 0 N–H and O–H groups in total. The zero-order valence-corrected chi connectivity index (χ0v) is 23.2. The largest absolute Gasteiger partial charge is 0.422 e. The third-order valence-corrected chi connectivity index (χ3v) is 7.05. The van der Waals surface area contributed by atoms with Crippen LogP contribution in [0.25, 0.3) is 16.7 Å². The highest BCUT2D eigenvalue weighted by atomic mass is 19.4. The Morgan fingerprint density at radius 1 is 0.400 bits per heavy atom. The van der Waals surface area contributed by atoms with Crippen LogP contribution in [0.15, 0.2) is 16.7 Å². The fourth-order valence-electron chi connectivity index (χ4n) is 4.78. The van der Waals surface area contributed by atoms with Crippen molar-refractivity contribution in [2.75, 3.05) is 0 Å². The summed E-state index contributed by atoms with van der Waals surface area (Å²) in [5.74, 6) is -33.3. The second kappa shape index (κ2) is 12.9. The predicted octanol–water partition coefficient (Wildman–Crippen LogP) is 9.56. The maximum Gasteiger partial charge on any atom is 0.422 e. The Morgan fingerprint density at radius 3 is 0.800 bits per heavy atom. The van der Waals surface area contributed by atoms with Crippen LogP contribution in [-0.4, -0.2) is 0 Å². The molecule has 1 saturated carbocycles. The van der Waals surface area contributed by atoms with E-state index in [0.29, 0.717) is 0 Å². The maximum absolute atomic E-state index is 15.0. The number of halogens is 17. The van der Waals surface area contributed by atoms with Crippen molar-refractivity contribution in [3.8, 4) is 18.2 Å². The number of nitrogens with zero attached hydrogens (tertiary/aromatic N) is 3. The van der Waals surface area contributed by atoms with E-state index in [1.54, 1.807) is 0 Å². The van der Waals surface area contributed by atoms with Gasteiger partial charge in [-0.3, -0.25) is 0 Å². The quantitative estimate of drug-likeness (QED) is 0.149. The minimum absolute atomic E-state index is 0.763. The van der Waals surface area contributed by atoms with E-state index >= 15 is 26.3 Å². The van der Waals surface area contributed by atoms with Crippen molar-refractivity contribution in [3.05, 3.63) is 120 Å². The zero-order valence-electron chi connectivity index (χ0n) is 23.2. The Bertz CT molecular complexity index is 2080. The maximum atomic E-state index is 15.0. The molecule has 0 atom stereocenters. The fraction of sp³-hybridized carbons (Fsp3) is 0.100. The second-order valence-corrected chi connectivity index (χ2v) is 9.58. The van der Waals surface area contributed by atoms with Gasteiger partial charge in [-0.15, -0.1) is 0 Å². The molecule has 258 valence electrons. The van der Waals surface area contributed by atoms with Crippen LogP contribution in [0.5, 0.6) is 0 Å². The number of hydrogen-bond donors (Lipinski definition) is 0. The molecule has 0 aliphatic heterocycles. The first-order valence-electron chi connectivity index (χ1n) is 12.5. The van der Waals surface area contributed by atoms with Gasteiger partial charge in [0.2, 0.25) is 0 Å². The lowest BCUT2D eigenvalue weighted by molar-refractivity contribution is -0.143. The van der Waals surface area contributed by atoms with E-state index in [4.69, 9.17) is 0 Å². The van der Waals surface area contributed by atoms with E-state index in [2.05, 4.69) is 0 Å². The van der Waals surface area contributed by atoms with Crippen molar-refractivity contribution in [1.82, 2.24) is 0 Å². The third kappa shape index (κ3) is 5.29. The lowest BCUT2D eigenvalue weighted by atomic mass is 9.98. The number of alkyl halides is 5. The highest BCUT2D eigenvalue weighted by molar-refractivity contribution is 6.12. The standard InChI is InChI=1S/C30H4F17N3/c31-1-6-18(33)22(37)14(23(38)19(6)34)8(3-48)11-12(9(4-49)15-24(39)20(35)7(2-32)21(36)25(15)40)13(11)10(5-50)16-26(41)28(43)17(30(45,46)47)29(44)27(16)42/h1-2H2/b11-8+,12-9?,13-10+. The molecule has 3 aromatic rings. The van der Waals surface area contributed by atoms with Gasteiger partial charge < -0.3 is 0 Å². The van der Waals surface area contributed by atoms with Crippen molar-refractivity contribution in [2.45, 2.75) is 19.5 Å². The van der Waals surface area contributed by atoms with Crippen molar-refractivity contribution < 1.29 is 74.6 Å². The number of hydrogen-bond acceptors (Lipinski definition) is 3. The molecule has 0 unspecified atom stereocenters. The van der Waals surface area contributed by atoms with Crippen LogP contribution in [-0.2, 0) is 19.5 Å². The summed E-state index contributed by atoms with van der Waals surface area (Å²) in [4.78, 5) is 0. The van der Waals surface area contributed by atoms with Gasteiger partial charge >= 0.3 is 6.18 Å². The normalized spacial score (nSPS) is 15.7. The first kappa shape index (κ1) is 37.0. The SMILES string of the molecule is N#CC(=C1C(=C(/C#N)c2c(F)c(F)c(CF)c(F)c2F)/C1=C(/C#N)c1c(F)c(F)c(C(F)(F)F)c(F)c1F)c1c(F)c(F)c(CF)c(F)c1F. The van der Waals surface area contributed by atoms with Crippen molar-refractivity contribution in [1.29, 1.82) is 15.8 Å². The van der Waals surface area contributed by atoms with Gasteiger partial charge in [-0.1, -0.05) is 0 Å². The van der Waals surface area contributed by atoms with E-state index in [9.17, 15) is 64.1 Å². The molecule has 0 aromatic heterocycles. The summed E-state index contributed by atoms with van der Waals surface area (Å²) >= 11 is 0. The lowest BCUT2D eigenvalue weighted by Crippen LogP contribution is -2.17. The Hall–Kier alpha value is -5.84. The van der Waals surface area contributed by atoms with Gasteiger partial charge in [-0.25, -0.2) is 61.5 Å². The lowest BCUT2D eigenvalue weighted by Gasteiger charge is -2.13. The molecule has 3 nitrogen and oxygen atoms in total. The van der Waals surface area contributed by atoms with Crippen LogP contribution < -0.4 is 0 Å². The highest BCUT2D eigenvalue weighted by Gasteiger charge is 2.48. The minimum Gasteiger partial charge on any atom is -0.246 e. The molecule has 50 heavy (non-hydrogen) atoms. The molecule has 1 aliphatic rings. The molecule has 0 amide bonds. The van der Waals surface area contributed by atoms with Crippen molar-refractivity contribution in [3.63, 3.8) is 0 Å². The summed E-state index contributed by atoms with van der Waals surface area (Å²) in [6.07, 6.45) is -6.16. The van der Waals surface area contributed by atoms with Crippen LogP contribution in [0.3, 0.4) is 0 Å². The number of nitriles is 3. The molecule has 0 bridgehead atoms. The summed E-state index contributed by atoms with van der Waals surface area (Å²) in [5, 5.41) is 29.2. The van der Waals surface area contributed by atoms with Crippen LogP contribution in [0.1, 0.15) is 33.4 Å². The molecule has 20 heteroatoms. The Balaban J connectivity index is 2.36. The van der Waals surface area contributed by atoms with Gasteiger partial charge in [0.05, 0.1) is 44.5 Å². The van der Waals surface area contributed by atoms with Gasteiger partial charge in [0.15, 0.2) is 69.8 Å². The number of rotatable bonds is 5. The van der Waals surface area contributed by atoms with Crippen molar-refractivity contribution in [2.24, 2.45) is 0 Å². The number of benzene rings is 3. The Kier molecular flexibility index (Phi) is 9.53. The van der Waals surface area contributed by atoms with Crippen LogP contribution in [0, 0.1) is 104 Å². The van der Waals surface area contributed by atoms with E-state index < -0.39 is 156 Å². The summed E-state index contributed by atoms with van der Waals surface area (Å²) < 4.78 is 243. The topological polar surface area (TPSA) is 71.4 Å². The molecule has 3 aromatic carbocycles. The monoisotopic (exact) mass is 729 g/mol. The molecule has 1 fully saturated rings. The molecular formula is C30H4F17N3. The summed E-state index contributed by atoms with van der Waals surface area (Å²) in [6, 6.07) is 2.45. The van der Waals surface area contributed by atoms with E-state index in [1.807, 2.05) is 0 Å². The molecule has 0 radical (unpaired) electrons. The summed E-state index contributed by atoms with van der Waals surface area (Å²) in [7, 11) is 0. The van der Waals surface area contributed by atoms with Gasteiger partial charge in [0.1, 0.15) is 37.1 Å². The van der Waals surface area contributed by atoms with E-state index in [-0.39, 0.29) is 0 Å². The average Bonchev–Trinajstić information content (AvgIpc) is 3.77. The van der Waals surface area contributed by atoms with Gasteiger partial charge in [-0.2, -0.15) is 29.0 Å². The van der Waals surface area contributed by atoms with E-state index in [0.717, 1.165) is 18.2 Å². The predicted molar refractivity (Wildman–Crippen MR) is 131 cm³/mol. The van der Waals surface area contributed by atoms with Crippen molar-refractivity contribution >= 4 is 16.7 Å². The van der Waals surface area contributed by atoms with E-state index in [1.165, 1.54) is 0 Å². The molecule has 0 saturated heterocycles. The Morgan fingerprint density at radius 2 is 0.620 bits per heavy atom. The molecule has 1 aliphatic carbocycles. The average molecular weight is 729 g/mol. The van der Waals surface area contributed by atoms with Crippen LogP contribution in [0.2, 0.25) is 0 Å². The van der Waals surface area contributed by atoms with Crippen LogP contribution in [0.4, 0.5) is 74.6 Å². The fourth-order valence-corrected chi connectivity index (χ4v) is 4.78. The minimum atomic E-state index is -6.16.